The number of rotatable bonds is 2. The molecule has 132 valence electrons. The zero-order valence-electron chi connectivity index (χ0n) is 15.2. The number of nitrogens with one attached hydrogen (secondary N) is 1. The quantitative estimate of drug-likeness (QED) is 0.892. The van der Waals surface area contributed by atoms with Crippen LogP contribution >= 0.6 is 0 Å². The molecule has 2 nitrogen and oxygen atoms in total. The molecule has 3 saturated carbocycles. The molecule has 5 fully saturated rings. The average Bonchev–Trinajstić information content (AvgIpc) is 3.29. The van der Waals surface area contributed by atoms with Crippen LogP contribution in [0.25, 0.3) is 0 Å². The first-order chi connectivity index (χ1) is 12.3. The van der Waals surface area contributed by atoms with Crippen LogP contribution in [-0.2, 0) is 11.8 Å². The van der Waals surface area contributed by atoms with Crippen LogP contribution in [-0.4, -0.2) is 36.6 Å². The summed E-state index contributed by atoms with van der Waals surface area (Å²) in [6.07, 6.45) is 10.2. The van der Waals surface area contributed by atoms with Crippen LogP contribution in [0.3, 0.4) is 0 Å². The average molecular weight is 335 g/mol. The van der Waals surface area contributed by atoms with Gasteiger partial charge in [0.15, 0.2) is 0 Å². The van der Waals surface area contributed by atoms with Gasteiger partial charge in [-0.1, -0.05) is 24.3 Å². The molecule has 1 aromatic carbocycles. The molecule has 2 aliphatic heterocycles. The van der Waals surface area contributed by atoms with Crippen LogP contribution in [0.2, 0.25) is 0 Å². The summed E-state index contributed by atoms with van der Waals surface area (Å²) in [6, 6.07) is 11.3. The third-order valence-corrected chi connectivity index (χ3v) is 9.54. The van der Waals surface area contributed by atoms with E-state index in [-0.39, 0.29) is 0 Å². The Bertz CT molecular complexity index is 739. The molecule has 6 aliphatic rings. The van der Waals surface area contributed by atoms with Gasteiger partial charge in [0, 0.05) is 24.0 Å². The summed E-state index contributed by atoms with van der Waals surface area (Å²) < 4.78 is 0. The SMILES string of the molecule is c1ccc2c(c1)C[C@H]1N(CC3CC3)CC[C@@]23[C@@H]2[C@H]4CN[C@@H]2CC[C@@]13C4. The van der Waals surface area contributed by atoms with Gasteiger partial charge in [-0.15, -0.1) is 0 Å². The molecule has 0 aromatic heterocycles. The molecule has 6 atom stereocenters. The topological polar surface area (TPSA) is 15.3 Å². The molecule has 7 rings (SSSR count). The summed E-state index contributed by atoms with van der Waals surface area (Å²) >= 11 is 0. The van der Waals surface area contributed by atoms with E-state index in [0.29, 0.717) is 10.8 Å². The lowest BCUT2D eigenvalue weighted by Crippen LogP contribution is -2.69. The first-order valence-electron chi connectivity index (χ1n) is 10.9. The summed E-state index contributed by atoms with van der Waals surface area (Å²) in [7, 11) is 0. The molecule has 4 aliphatic carbocycles. The normalized spacial score (nSPS) is 49.8. The molecule has 1 N–H and O–H groups in total. The number of benzene rings is 1. The Balaban J connectivity index is 1.45. The van der Waals surface area contributed by atoms with Crippen LogP contribution in [0.5, 0.6) is 0 Å². The van der Waals surface area contributed by atoms with E-state index in [1.54, 1.807) is 11.1 Å². The molecular formula is C23H30N2. The van der Waals surface area contributed by atoms with Crippen molar-refractivity contribution < 1.29 is 0 Å². The van der Waals surface area contributed by atoms with E-state index in [1.807, 2.05) is 0 Å². The van der Waals surface area contributed by atoms with Crippen molar-refractivity contribution >= 4 is 0 Å². The van der Waals surface area contributed by atoms with E-state index in [2.05, 4.69) is 34.5 Å². The molecule has 0 radical (unpaired) electrons. The smallest absolute Gasteiger partial charge is 0.0201 e. The second kappa shape index (κ2) is 4.51. The maximum absolute atomic E-state index is 3.94. The maximum atomic E-state index is 3.94. The second-order valence-corrected chi connectivity index (χ2v) is 10.2. The van der Waals surface area contributed by atoms with Crippen molar-refractivity contribution in [1.82, 2.24) is 10.2 Å². The highest BCUT2D eigenvalue weighted by molar-refractivity contribution is 5.48. The predicted octanol–water partition coefficient (Wildman–Crippen LogP) is 3.35. The largest absolute Gasteiger partial charge is 0.313 e. The molecule has 0 spiro atoms. The zero-order valence-corrected chi connectivity index (χ0v) is 15.2. The molecule has 2 heteroatoms. The molecule has 0 amide bonds. The standard InChI is InChI=1S/C23H30N2/c1-2-4-18-16(3-1)11-20-22-8-7-19-21(17(12-22)13-24-19)23(18,22)9-10-25(20)14-15-5-6-15/h1-4,15,17,19-21,24H,5-14H2/t17-,19-,20-,21-,22-,23+/m1/s1. The third kappa shape index (κ3) is 1.53. The van der Waals surface area contributed by atoms with Crippen LogP contribution in [0.4, 0.5) is 0 Å². The van der Waals surface area contributed by atoms with Gasteiger partial charge in [-0.05, 0) is 92.3 Å². The zero-order chi connectivity index (χ0) is 16.2. The number of piperidine rings is 1. The highest BCUT2D eigenvalue weighted by Crippen LogP contribution is 2.74. The van der Waals surface area contributed by atoms with E-state index in [9.17, 15) is 0 Å². The maximum Gasteiger partial charge on any atom is 0.0201 e. The van der Waals surface area contributed by atoms with Gasteiger partial charge in [-0.25, -0.2) is 0 Å². The Labute approximate surface area is 151 Å². The van der Waals surface area contributed by atoms with Gasteiger partial charge in [0.25, 0.3) is 0 Å². The highest BCUT2D eigenvalue weighted by Gasteiger charge is 2.74. The van der Waals surface area contributed by atoms with Gasteiger partial charge in [-0.3, -0.25) is 4.90 Å². The van der Waals surface area contributed by atoms with Crippen molar-refractivity contribution in [3.05, 3.63) is 35.4 Å². The molecule has 1 aromatic rings. The monoisotopic (exact) mass is 334 g/mol. The van der Waals surface area contributed by atoms with Crippen molar-refractivity contribution in [2.24, 2.45) is 23.2 Å². The number of likely N-dealkylation sites (tertiary alicyclic amines) is 1. The highest BCUT2D eigenvalue weighted by atomic mass is 15.2. The number of hydrogen-bond donors (Lipinski definition) is 1. The summed E-state index contributed by atoms with van der Waals surface area (Å²) in [4.78, 5) is 2.99. The van der Waals surface area contributed by atoms with E-state index in [1.165, 1.54) is 64.6 Å². The molecule has 2 heterocycles. The Morgan fingerprint density at radius 2 is 2.04 bits per heavy atom. The number of fused-ring (bicyclic) bond motifs is 1. The van der Waals surface area contributed by atoms with Crippen molar-refractivity contribution in [3.63, 3.8) is 0 Å². The molecular weight excluding hydrogens is 304 g/mol. The summed E-state index contributed by atoms with van der Waals surface area (Å²) in [5, 5.41) is 3.94. The lowest BCUT2D eigenvalue weighted by Gasteiger charge is -2.66. The lowest BCUT2D eigenvalue weighted by atomic mass is 9.44. The Morgan fingerprint density at radius 1 is 1.12 bits per heavy atom. The van der Waals surface area contributed by atoms with Crippen molar-refractivity contribution in [2.75, 3.05) is 19.6 Å². The summed E-state index contributed by atoms with van der Waals surface area (Å²) in [5.74, 6) is 2.90. The fourth-order valence-electron chi connectivity index (χ4n) is 8.77. The predicted molar refractivity (Wildman–Crippen MR) is 99.6 cm³/mol. The molecule has 0 unspecified atom stereocenters. The number of nitrogens with zero attached hydrogens (tertiary/aromatic N) is 1. The number of hydrogen-bond acceptors (Lipinski definition) is 2. The molecule has 25 heavy (non-hydrogen) atoms. The van der Waals surface area contributed by atoms with Gasteiger partial charge in [0.1, 0.15) is 0 Å². The van der Waals surface area contributed by atoms with Gasteiger partial charge in [0.05, 0.1) is 0 Å². The van der Waals surface area contributed by atoms with E-state index in [0.717, 1.165) is 29.8 Å². The minimum absolute atomic E-state index is 0.504. The minimum Gasteiger partial charge on any atom is -0.313 e. The van der Waals surface area contributed by atoms with E-state index < -0.39 is 0 Å². The fourth-order valence-corrected chi connectivity index (χ4v) is 8.77. The molecule has 2 saturated heterocycles. The van der Waals surface area contributed by atoms with E-state index >= 15 is 0 Å². The van der Waals surface area contributed by atoms with Crippen LogP contribution < -0.4 is 5.32 Å². The van der Waals surface area contributed by atoms with E-state index in [4.69, 9.17) is 0 Å². The van der Waals surface area contributed by atoms with Crippen molar-refractivity contribution in [2.45, 2.75) is 62.4 Å². The Kier molecular flexibility index (Phi) is 2.57. The fraction of sp³-hybridized carbons (Fsp3) is 0.739. The van der Waals surface area contributed by atoms with Gasteiger partial charge in [0.2, 0.25) is 0 Å². The first-order valence-corrected chi connectivity index (χ1v) is 10.9. The molecule has 4 bridgehead atoms. The van der Waals surface area contributed by atoms with Crippen molar-refractivity contribution in [3.8, 4) is 0 Å². The van der Waals surface area contributed by atoms with Gasteiger partial charge < -0.3 is 5.32 Å². The van der Waals surface area contributed by atoms with Crippen LogP contribution in [0.15, 0.2) is 24.3 Å². The minimum atomic E-state index is 0.504. The summed E-state index contributed by atoms with van der Waals surface area (Å²) in [5.41, 5.74) is 4.60. The van der Waals surface area contributed by atoms with Gasteiger partial charge in [-0.2, -0.15) is 0 Å². The lowest BCUT2D eigenvalue weighted by molar-refractivity contribution is -0.0940. The van der Waals surface area contributed by atoms with Crippen molar-refractivity contribution in [1.29, 1.82) is 0 Å². The first kappa shape index (κ1) is 14.2. The third-order valence-electron chi connectivity index (χ3n) is 9.54. The van der Waals surface area contributed by atoms with Gasteiger partial charge >= 0.3 is 0 Å². The Hall–Kier alpha value is -0.860. The Morgan fingerprint density at radius 3 is 2.96 bits per heavy atom. The van der Waals surface area contributed by atoms with Crippen LogP contribution in [0, 0.1) is 23.2 Å². The second-order valence-electron chi connectivity index (χ2n) is 10.2. The van der Waals surface area contributed by atoms with Crippen LogP contribution in [0.1, 0.15) is 49.7 Å². The summed E-state index contributed by atoms with van der Waals surface area (Å²) in [6.45, 7) is 4.07.